The topological polar surface area (TPSA) is 94.5 Å². The Balaban J connectivity index is 1.76. The highest BCUT2D eigenvalue weighted by atomic mass is 16.5. The molecule has 0 aliphatic heterocycles. The lowest BCUT2D eigenvalue weighted by Crippen LogP contribution is -2.24. The van der Waals surface area contributed by atoms with Crippen molar-refractivity contribution in [2.45, 2.75) is 13.2 Å². The summed E-state index contributed by atoms with van der Waals surface area (Å²) in [4.78, 5) is 13.9. The number of hydrogen-bond acceptors (Lipinski definition) is 6. The van der Waals surface area contributed by atoms with Gasteiger partial charge in [-0.25, -0.2) is 9.97 Å². The summed E-state index contributed by atoms with van der Waals surface area (Å²) in [5.41, 5.74) is 4.19. The molecule has 0 unspecified atom stereocenters. The highest BCUT2D eigenvalue weighted by Gasteiger charge is 2.17. The Labute approximate surface area is 168 Å². The molecule has 0 fully saturated rings. The van der Waals surface area contributed by atoms with Gasteiger partial charge in [0.15, 0.2) is 0 Å². The molecule has 148 valence electrons. The van der Waals surface area contributed by atoms with Gasteiger partial charge in [0.2, 0.25) is 0 Å². The fourth-order valence-corrected chi connectivity index (χ4v) is 3.38. The minimum absolute atomic E-state index is 0.0517. The van der Waals surface area contributed by atoms with Crippen molar-refractivity contribution >= 4 is 16.9 Å². The van der Waals surface area contributed by atoms with Gasteiger partial charge in [0.1, 0.15) is 30.3 Å². The van der Waals surface area contributed by atoms with E-state index >= 15 is 0 Å². The Bertz CT molecular complexity index is 1110. The van der Waals surface area contributed by atoms with Gasteiger partial charge in [0, 0.05) is 12.1 Å². The number of aromatic amines is 1. The van der Waals surface area contributed by atoms with Crippen LogP contribution >= 0.6 is 0 Å². The Kier molecular flexibility index (Phi) is 5.41. The predicted molar refractivity (Wildman–Crippen MR) is 112 cm³/mol. The van der Waals surface area contributed by atoms with Gasteiger partial charge in [-0.2, -0.15) is 0 Å². The van der Waals surface area contributed by atoms with Crippen molar-refractivity contribution in [3.05, 3.63) is 72.1 Å². The number of nitrogens with zero attached hydrogens (tertiary/aromatic N) is 3. The van der Waals surface area contributed by atoms with Crippen LogP contribution in [0.15, 0.2) is 60.9 Å². The van der Waals surface area contributed by atoms with Crippen LogP contribution in [0.2, 0.25) is 0 Å². The van der Waals surface area contributed by atoms with Crippen LogP contribution in [0.25, 0.3) is 22.3 Å². The summed E-state index contributed by atoms with van der Waals surface area (Å²) in [6.45, 7) is 0.304. The van der Waals surface area contributed by atoms with E-state index < -0.39 is 0 Å². The average Bonchev–Trinajstić information content (AvgIpc) is 3.22. The number of fused-ring (bicyclic) bond motifs is 1. The number of rotatable bonds is 7. The van der Waals surface area contributed by atoms with Crippen molar-refractivity contribution in [2.75, 3.05) is 18.7 Å². The number of aliphatic hydroxyl groups excluding tert-OH is 2. The SMILES string of the molecule is COc1cc(CO)ccc1-c1cc2c(N(CO)Cc3ccccc3)ncnc2[nH]1. The molecule has 0 aliphatic carbocycles. The maximum atomic E-state index is 9.98. The van der Waals surface area contributed by atoms with Gasteiger partial charge in [0.05, 0.1) is 24.8 Å². The van der Waals surface area contributed by atoms with Crippen LogP contribution in [0, 0.1) is 0 Å². The zero-order valence-electron chi connectivity index (χ0n) is 16.0. The van der Waals surface area contributed by atoms with Crippen molar-refractivity contribution in [3.63, 3.8) is 0 Å². The highest BCUT2D eigenvalue weighted by molar-refractivity contribution is 5.92. The van der Waals surface area contributed by atoms with Crippen LogP contribution in [-0.4, -0.2) is 39.0 Å². The molecule has 0 aliphatic rings. The maximum Gasteiger partial charge on any atom is 0.143 e. The number of nitrogens with one attached hydrogen (secondary N) is 1. The average molecular weight is 390 g/mol. The molecule has 2 aromatic heterocycles. The number of benzene rings is 2. The van der Waals surface area contributed by atoms with Crippen molar-refractivity contribution < 1.29 is 14.9 Å². The molecular weight excluding hydrogens is 368 g/mol. The molecule has 0 spiro atoms. The molecule has 7 nitrogen and oxygen atoms in total. The third-order valence-corrected chi connectivity index (χ3v) is 4.83. The normalized spacial score (nSPS) is 11.0. The second-order valence-corrected chi connectivity index (χ2v) is 6.66. The Morgan fingerprint density at radius 1 is 1.00 bits per heavy atom. The molecule has 4 aromatic rings. The van der Waals surface area contributed by atoms with Crippen molar-refractivity contribution in [1.82, 2.24) is 15.0 Å². The third-order valence-electron chi connectivity index (χ3n) is 4.83. The minimum atomic E-state index is -0.171. The van der Waals surface area contributed by atoms with E-state index in [0.29, 0.717) is 23.8 Å². The van der Waals surface area contributed by atoms with Crippen LogP contribution in [-0.2, 0) is 13.2 Å². The Morgan fingerprint density at radius 2 is 1.83 bits per heavy atom. The number of aliphatic hydroxyl groups is 2. The van der Waals surface area contributed by atoms with Crippen molar-refractivity contribution in [1.29, 1.82) is 0 Å². The van der Waals surface area contributed by atoms with E-state index in [1.807, 2.05) is 54.6 Å². The molecular formula is C22H22N4O3. The summed E-state index contributed by atoms with van der Waals surface area (Å²) in [6, 6.07) is 17.4. The van der Waals surface area contributed by atoms with E-state index in [9.17, 15) is 10.2 Å². The van der Waals surface area contributed by atoms with Crippen LogP contribution in [0.5, 0.6) is 5.75 Å². The summed E-state index contributed by atoms with van der Waals surface area (Å²) >= 11 is 0. The fraction of sp³-hybridized carbons (Fsp3) is 0.182. The van der Waals surface area contributed by atoms with E-state index in [1.165, 1.54) is 6.33 Å². The zero-order valence-corrected chi connectivity index (χ0v) is 16.0. The molecule has 4 rings (SSSR count). The monoisotopic (exact) mass is 390 g/mol. The smallest absolute Gasteiger partial charge is 0.143 e. The van der Waals surface area contributed by atoms with Crippen molar-refractivity contribution in [2.24, 2.45) is 0 Å². The van der Waals surface area contributed by atoms with Gasteiger partial charge in [-0.15, -0.1) is 0 Å². The minimum Gasteiger partial charge on any atom is -0.496 e. The molecule has 0 radical (unpaired) electrons. The van der Waals surface area contributed by atoms with E-state index in [4.69, 9.17) is 4.74 Å². The number of hydrogen-bond donors (Lipinski definition) is 3. The van der Waals surface area contributed by atoms with Gasteiger partial charge < -0.3 is 24.8 Å². The van der Waals surface area contributed by atoms with Crippen LogP contribution in [0.4, 0.5) is 5.82 Å². The molecule has 2 aromatic carbocycles. The lowest BCUT2D eigenvalue weighted by Gasteiger charge is -2.21. The summed E-state index contributed by atoms with van der Waals surface area (Å²) in [5.74, 6) is 1.30. The fourth-order valence-electron chi connectivity index (χ4n) is 3.38. The molecule has 0 amide bonds. The summed E-state index contributed by atoms with van der Waals surface area (Å²) in [5, 5.41) is 20.2. The first-order valence-corrected chi connectivity index (χ1v) is 9.25. The van der Waals surface area contributed by atoms with E-state index in [0.717, 1.165) is 27.8 Å². The van der Waals surface area contributed by atoms with Crippen LogP contribution < -0.4 is 9.64 Å². The largest absolute Gasteiger partial charge is 0.496 e. The molecule has 3 N–H and O–H groups in total. The predicted octanol–water partition coefficient (Wildman–Crippen LogP) is 3.08. The molecule has 7 heteroatoms. The van der Waals surface area contributed by atoms with Gasteiger partial charge in [-0.3, -0.25) is 0 Å². The second kappa shape index (κ2) is 8.30. The number of aromatic nitrogens is 3. The first-order valence-electron chi connectivity index (χ1n) is 9.25. The van der Waals surface area contributed by atoms with E-state index in [2.05, 4.69) is 15.0 Å². The second-order valence-electron chi connectivity index (χ2n) is 6.66. The number of H-pyrrole nitrogens is 1. The lowest BCUT2D eigenvalue weighted by molar-refractivity contribution is 0.281. The zero-order chi connectivity index (χ0) is 20.2. The Morgan fingerprint density at radius 3 is 2.55 bits per heavy atom. The molecule has 0 saturated heterocycles. The summed E-state index contributed by atoms with van der Waals surface area (Å²) in [6.07, 6.45) is 1.48. The van der Waals surface area contributed by atoms with Crippen molar-refractivity contribution in [3.8, 4) is 17.0 Å². The van der Waals surface area contributed by atoms with Gasteiger partial charge >= 0.3 is 0 Å². The number of methoxy groups -OCH3 is 1. The van der Waals surface area contributed by atoms with Gasteiger partial charge in [-0.1, -0.05) is 36.4 Å². The quantitative estimate of drug-likeness (QED) is 0.420. The van der Waals surface area contributed by atoms with E-state index in [-0.39, 0.29) is 13.3 Å². The van der Waals surface area contributed by atoms with Crippen LogP contribution in [0.3, 0.4) is 0 Å². The summed E-state index contributed by atoms with van der Waals surface area (Å²) < 4.78 is 5.50. The van der Waals surface area contributed by atoms with E-state index in [1.54, 1.807) is 12.0 Å². The van der Waals surface area contributed by atoms with Gasteiger partial charge in [-0.05, 0) is 29.3 Å². The molecule has 2 heterocycles. The molecule has 0 saturated carbocycles. The third kappa shape index (κ3) is 3.78. The first kappa shape index (κ1) is 18.9. The molecule has 0 atom stereocenters. The lowest BCUT2D eigenvalue weighted by atomic mass is 10.1. The maximum absolute atomic E-state index is 9.98. The molecule has 0 bridgehead atoms. The number of ether oxygens (including phenoxy) is 1. The Hall–Kier alpha value is -3.42. The molecule has 29 heavy (non-hydrogen) atoms. The number of anilines is 1. The summed E-state index contributed by atoms with van der Waals surface area (Å²) in [7, 11) is 1.60. The first-order chi connectivity index (χ1) is 14.2. The standard InChI is InChI=1S/C22H22N4O3/c1-29-20-9-16(12-27)7-8-17(20)19-10-18-21(25-19)23-13-24-22(18)26(14-28)11-15-5-3-2-4-6-15/h2-10,13,27-28H,11-12,14H2,1H3,(H,23,24,25). The van der Waals surface area contributed by atoms with Crippen LogP contribution in [0.1, 0.15) is 11.1 Å². The highest BCUT2D eigenvalue weighted by Crippen LogP contribution is 2.34. The van der Waals surface area contributed by atoms with Gasteiger partial charge in [0.25, 0.3) is 0 Å².